The molecule has 1 fully saturated rings. The molecule has 6 nitrogen and oxygen atoms in total. The van der Waals surface area contributed by atoms with Gasteiger partial charge in [-0.3, -0.25) is 9.30 Å². The van der Waals surface area contributed by atoms with Crippen molar-refractivity contribution in [1.29, 1.82) is 0 Å². The molecule has 2 aromatic rings. The van der Waals surface area contributed by atoms with Crippen molar-refractivity contribution in [1.82, 2.24) is 24.4 Å². The lowest BCUT2D eigenvalue weighted by atomic mass is 10.2. The standard InChI is InChI=1S/C15H23N5O/c1-2-8-18(13-6-7-16-12-13)10-11-20-15(21)19-9-4-3-5-14(19)17-20/h3-5,9,13,16H,2,6-8,10-12H2,1H3. The second-order valence-electron chi connectivity index (χ2n) is 5.62. The van der Waals surface area contributed by atoms with Gasteiger partial charge < -0.3 is 5.32 Å². The summed E-state index contributed by atoms with van der Waals surface area (Å²) in [6, 6.07) is 6.22. The third-order valence-corrected chi connectivity index (χ3v) is 4.15. The quantitative estimate of drug-likeness (QED) is 0.845. The predicted molar refractivity (Wildman–Crippen MR) is 82.6 cm³/mol. The summed E-state index contributed by atoms with van der Waals surface area (Å²) < 4.78 is 3.18. The molecule has 1 aliphatic rings. The van der Waals surface area contributed by atoms with Crippen molar-refractivity contribution >= 4 is 5.65 Å². The first-order chi connectivity index (χ1) is 10.3. The van der Waals surface area contributed by atoms with Gasteiger partial charge in [-0.05, 0) is 38.1 Å². The Balaban J connectivity index is 1.72. The van der Waals surface area contributed by atoms with Crippen LogP contribution in [0, 0.1) is 0 Å². The SMILES string of the molecule is CCCN(CCn1nc2ccccn2c1=O)C1CCNC1. The van der Waals surface area contributed by atoms with Crippen LogP contribution in [-0.4, -0.2) is 51.3 Å². The van der Waals surface area contributed by atoms with Crippen LogP contribution < -0.4 is 11.0 Å². The molecule has 3 heterocycles. The summed E-state index contributed by atoms with van der Waals surface area (Å²) >= 11 is 0. The first kappa shape index (κ1) is 14.3. The van der Waals surface area contributed by atoms with E-state index in [0.29, 0.717) is 18.2 Å². The van der Waals surface area contributed by atoms with E-state index in [1.807, 2.05) is 18.2 Å². The van der Waals surface area contributed by atoms with Gasteiger partial charge in [0, 0.05) is 25.3 Å². The molecule has 1 aliphatic heterocycles. The fourth-order valence-electron chi connectivity index (χ4n) is 3.05. The third-order valence-electron chi connectivity index (χ3n) is 4.15. The van der Waals surface area contributed by atoms with E-state index in [9.17, 15) is 4.79 Å². The topological polar surface area (TPSA) is 54.6 Å². The number of fused-ring (bicyclic) bond motifs is 1. The molecule has 0 bridgehead atoms. The molecule has 2 aromatic heterocycles. The fraction of sp³-hybridized carbons (Fsp3) is 0.600. The normalized spacial score (nSPS) is 18.9. The molecule has 1 atom stereocenters. The Labute approximate surface area is 124 Å². The average Bonchev–Trinajstić information content (AvgIpc) is 3.13. The van der Waals surface area contributed by atoms with Crippen LogP contribution in [-0.2, 0) is 6.54 Å². The summed E-state index contributed by atoms with van der Waals surface area (Å²) in [5.74, 6) is 0. The van der Waals surface area contributed by atoms with Crippen molar-refractivity contribution in [2.75, 3.05) is 26.2 Å². The summed E-state index contributed by atoms with van der Waals surface area (Å²) in [4.78, 5) is 14.7. The van der Waals surface area contributed by atoms with Crippen LogP contribution >= 0.6 is 0 Å². The lowest BCUT2D eigenvalue weighted by Gasteiger charge is -2.27. The van der Waals surface area contributed by atoms with E-state index in [2.05, 4.69) is 22.2 Å². The van der Waals surface area contributed by atoms with Crippen molar-refractivity contribution in [3.05, 3.63) is 34.9 Å². The summed E-state index contributed by atoms with van der Waals surface area (Å²) in [5.41, 5.74) is 0.665. The van der Waals surface area contributed by atoms with Crippen molar-refractivity contribution in [2.24, 2.45) is 0 Å². The second-order valence-corrected chi connectivity index (χ2v) is 5.62. The van der Waals surface area contributed by atoms with E-state index in [0.717, 1.165) is 32.6 Å². The van der Waals surface area contributed by atoms with Crippen LogP contribution in [0.2, 0.25) is 0 Å². The van der Waals surface area contributed by atoms with E-state index < -0.39 is 0 Å². The van der Waals surface area contributed by atoms with E-state index >= 15 is 0 Å². The molecule has 0 spiro atoms. The Bertz CT molecular complexity index is 641. The van der Waals surface area contributed by atoms with Crippen LogP contribution in [0.1, 0.15) is 19.8 Å². The monoisotopic (exact) mass is 289 g/mol. The highest BCUT2D eigenvalue weighted by molar-refractivity contribution is 5.35. The van der Waals surface area contributed by atoms with Gasteiger partial charge in [-0.25, -0.2) is 9.48 Å². The number of nitrogens with one attached hydrogen (secondary N) is 1. The molecular weight excluding hydrogens is 266 g/mol. The molecule has 1 saturated heterocycles. The minimum atomic E-state index is -0.0494. The first-order valence-electron chi connectivity index (χ1n) is 7.78. The highest BCUT2D eigenvalue weighted by Crippen LogP contribution is 2.09. The van der Waals surface area contributed by atoms with E-state index in [-0.39, 0.29) is 5.69 Å². The molecular formula is C15H23N5O. The summed E-state index contributed by atoms with van der Waals surface area (Å²) in [7, 11) is 0. The molecule has 0 aliphatic carbocycles. The zero-order chi connectivity index (χ0) is 14.7. The summed E-state index contributed by atoms with van der Waals surface area (Å²) in [6.45, 7) is 6.96. The smallest absolute Gasteiger partial charge is 0.315 e. The van der Waals surface area contributed by atoms with Gasteiger partial charge in [0.15, 0.2) is 5.65 Å². The minimum absolute atomic E-state index is 0.0494. The second kappa shape index (κ2) is 6.41. The molecule has 6 heteroatoms. The number of pyridine rings is 1. The van der Waals surface area contributed by atoms with E-state index in [1.165, 1.54) is 6.42 Å². The third kappa shape index (κ3) is 3.01. The molecule has 1 N–H and O–H groups in total. The molecule has 0 aromatic carbocycles. The van der Waals surface area contributed by atoms with Crippen LogP contribution in [0.4, 0.5) is 0 Å². The fourth-order valence-corrected chi connectivity index (χ4v) is 3.05. The molecule has 0 amide bonds. The molecule has 114 valence electrons. The summed E-state index contributed by atoms with van der Waals surface area (Å²) in [6.07, 6.45) is 4.10. The summed E-state index contributed by atoms with van der Waals surface area (Å²) in [5, 5.41) is 7.81. The van der Waals surface area contributed by atoms with Gasteiger partial charge in [0.1, 0.15) is 0 Å². The van der Waals surface area contributed by atoms with Crippen molar-refractivity contribution in [3.63, 3.8) is 0 Å². The minimum Gasteiger partial charge on any atom is -0.315 e. The maximum Gasteiger partial charge on any atom is 0.350 e. The number of aromatic nitrogens is 3. The average molecular weight is 289 g/mol. The molecule has 0 saturated carbocycles. The van der Waals surface area contributed by atoms with Crippen molar-refractivity contribution in [3.8, 4) is 0 Å². The van der Waals surface area contributed by atoms with Gasteiger partial charge in [0.05, 0.1) is 6.54 Å². The van der Waals surface area contributed by atoms with Crippen LogP contribution in [0.15, 0.2) is 29.2 Å². The first-order valence-corrected chi connectivity index (χ1v) is 7.78. The molecule has 0 radical (unpaired) electrons. The Morgan fingerprint density at radius 1 is 1.43 bits per heavy atom. The van der Waals surface area contributed by atoms with Gasteiger partial charge in [-0.15, -0.1) is 5.10 Å². The van der Waals surface area contributed by atoms with Crippen molar-refractivity contribution in [2.45, 2.75) is 32.4 Å². The van der Waals surface area contributed by atoms with Crippen LogP contribution in [0.3, 0.4) is 0 Å². The van der Waals surface area contributed by atoms with Gasteiger partial charge in [-0.2, -0.15) is 0 Å². The molecule has 3 rings (SSSR count). The largest absolute Gasteiger partial charge is 0.350 e. The highest BCUT2D eigenvalue weighted by Gasteiger charge is 2.21. The molecule has 21 heavy (non-hydrogen) atoms. The zero-order valence-electron chi connectivity index (χ0n) is 12.5. The lowest BCUT2D eigenvalue weighted by Crippen LogP contribution is -2.40. The maximum absolute atomic E-state index is 12.3. The van der Waals surface area contributed by atoms with Gasteiger partial charge in [-0.1, -0.05) is 13.0 Å². The lowest BCUT2D eigenvalue weighted by molar-refractivity contribution is 0.197. The highest BCUT2D eigenvalue weighted by atomic mass is 16.2. The predicted octanol–water partition coefficient (Wildman–Crippen LogP) is 0.570. The Kier molecular flexibility index (Phi) is 4.36. The van der Waals surface area contributed by atoms with E-state index in [4.69, 9.17) is 0 Å². The molecule has 1 unspecified atom stereocenters. The Morgan fingerprint density at radius 3 is 3.05 bits per heavy atom. The van der Waals surface area contributed by atoms with Crippen molar-refractivity contribution < 1.29 is 0 Å². The van der Waals surface area contributed by atoms with Gasteiger partial charge in [0.25, 0.3) is 0 Å². The number of hydrogen-bond acceptors (Lipinski definition) is 4. The number of nitrogens with zero attached hydrogens (tertiary/aromatic N) is 4. The van der Waals surface area contributed by atoms with Crippen LogP contribution in [0.5, 0.6) is 0 Å². The maximum atomic E-state index is 12.3. The van der Waals surface area contributed by atoms with Crippen LogP contribution in [0.25, 0.3) is 5.65 Å². The van der Waals surface area contributed by atoms with Gasteiger partial charge >= 0.3 is 5.69 Å². The van der Waals surface area contributed by atoms with Gasteiger partial charge in [0.2, 0.25) is 0 Å². The Hall–Kier alpha value is -1.66. The number of hydrogen-bond donors (Lipinski definition) is 1. The Morgan fingerprint density at radius 2 is 2.33 bits per heavy atom. The number of rotatable bonds is 6. The zero-order valence-corrected chi connectivity index (χ0v) is 12.5. The van der Waals surface area contributed by atoms with E-state index in [1.54, 1.807) is 15.3 Å².